The average molecular weight is 442 g/mol. The summed E-state index contributed by atoms with van der Waals surface area (Å²) in [4.78, 5) is 28.0. The molecular weight excluding hydrogens is 418 g/mol. The molecule has 2 amide bonds. The van der Waals surface area contributed by atoms with Gasteiger partial charge >= 0.3 is 0 Å². The molecule has 2 aliphatic heterocycles. The highest BCUT2D eigenvalue weighted by molar-refractivity contribution is 7.80. The molecule has 1 saturated heterocycles. The Balaban J connectivity index is 1.71. The summed E-state index contributed by atoms with van der Waals surface area (Å²) in [5.41, 5.74) is 6.37. The highest BCUT2D eigenvalue weighted by Crippen LogP contribution is 2.43. The van der Waals surface area contributed by atoms with Gasteiger partial charge in [-0.2, -0.15) is 0 Å². The van der Waals surface area contributed by atoms with Crippen molar-refractivity contribution in [3.8, 4) is 0 Å². The normalized spacial score (nSPS) is 18.8. The fourth-order valence-corrected chi connectivity index (χ4v) is 4.84. The van der Waals surface area contributed by atoms with Crippen LogP contribution in [0.1, 0.15) is 36.8 Å². The van der Waals surface area contributed by atoms with E-state index in [2.05, 4.69) is 39.8 Å². The van der Waals surface area contributed by atoms with Gasteiger partial charge in [-0.25, -0.2) is 0 Å². The topological polar surface area (TPSA) is 61.4 Å². The van der Waals surface area contributed by atoms with E-state index in [0.717, 1.165) is 49.1 Å². The van der Waals surface area contributed by atoms with Crippen LogP contribution in [0.25, 0.3) is 5.70 Å². The van der Waals surface area contributed by atoms with E-state index in [4.69, 9.17) is 12.2 Å². The second-order valence-corrected chi connectivity index (χ2v) is 8.53. The molecule has 5 rings (SSSR count). The van der Waals surface area contributed by atoms with Crippen LogP contribution < -0.4 is 10.6 Å². The summed E-state index contributed by atoms with van der Waals surface area (Å²) in [6.07, 6.45) is 5.86. The lowest BCUT2D eigenvalue weighted by atomic mass is 9.83. The number of benzene rings is 2. The standard InChI is InChI=1S/C26H23N3O2S/c30-24-23(25(31)28-26(32)27-24)20-15-22(18-11-5-2-6-12-18)29(16-17-9-3-1-4-10-17)21-14-8-7-13-19(20)21/h1-6,9-12,15H,7-8,13-14,16H2,(H2,27,28,30,31,32). The van der Waals surface area contributed by atoms with E-state index in [0.29, 0.717) is 5.57 Å². The number of carbonyl (C=O) groups excluding carboxylic acids is 2. The summed E-state index contributed by atoms with van der Waals surface area (Å²) >= 11 is 5.00. The van der Waals surface area contributed by atoms with E-state index >= 15 is 0 Å². The number of hydrogen-bond donors (Lipinski definition) is 2. The molecule has 0 saturated carbocycles. The first-order valence-corrected chi connectivity index (χ1v) is 11.2. The van der Waals surface area contributed by atoms with Crippen molar-refractivity contribution in [2.45, 2.75) is 32.2 Å². The quantitative estimate of drug-likeness (QED) is 0.426. The van der Waals surface area contributed by atoms with Gasteiger partial charge in [-0.3, -0.25) is 20.2 Å². The molecule has 32 heavy (non-hydrogen) atoms. The molecular formula is C26H23N3O2S. The smallest absolute Gasteiger partial charge is 0.263 e. The summed E-state index contributed by atoms with van der Waals surface area (Å²) in [6, 6.07) is 20.5. The fraction of sp³-hybridized carbons (Fsp3) is 0.192. The van der Waals surface area contributed by atoms with Crippen LogP contribution in [0.5, 0.6) is 0 Å². The Hall–Kier alpha value is -3.51. The van der Waals surface area contributed by atoms with Crippen LogP contribution in [0.4, 0.5) is 0 Å². The van der Waals surface area contributed by atoms with Gasteiger partial charge in [0.25, 0.3) is 11.8 Å². The van der Waals surface area contributed by atoms with Crippen molar-refractivity contribution in [1.82, 2.24) is 15.5 Å². The summed E-state index contributed by atoms with van der Waals surface area (Å²) in [7, 11) is 0. The maximum atomic E-state index is 12.8. The molecule has 0 unspecified atom stereocenters. The lowest BCUT2D eigenvalue weighted by Crippen LogP contribution is -2.52. The Labute approximate surface area is 192 Å². The zero-order valence-electron chi connectivity index (χ0n) is 17.6. The minimum Gasteiger partial charge on any atom is -0.340 e. The molecule has 0 bridgehead atoms. The van der Waals surface area contributed by atoms with Crippen molar-refractivity contribution in [3.63, 3.8) is 0 Å². The van der Waals surface area contributed by atoms with E-state index in [9.17, 15) is 9.59 Å². The molecule has 0 radical (unpaired) electrons. The average Bonchev–Trinajstić information content (AvgIpc) is 2.81. The zero-order chi connectivity index (χ0) is 22.1. The van der Waals surface area contributed by atoms with Crippen LogP contribution in [0, 0.1) is 0 Å². The van der Waals surface area contributed by atoms with Crippen LogP contribution >= 0.6 is 12.2 Å². The minimum absolute atomic E-state index is 0.0518. The number of rotatable bonds is 3. The van der Waals surface area contributed by atoms with Crippen LogP contribution in [0.15, 0.2) is 89.2 Å². The second-order valence-electron chi connectivity index (χ2n) is 8.13. The van der Waals surface area contributed by atoms with Gasteiger partial charge in [-0.15, -0.1) is 0 Å². The summed E-state index contributed by atoms with van der Waals surface area (Å²) in [5.74, 6) is -0.877. The van der Waals surface area contributed by atoms with Crippen LogP contribution in [0.3, 0.4) is 0 Å². The SMILES string of the molecule is O=C1NC(=S)NC(=O)C1=C1C=C(c2ccccc2)N(Cc2ccccc2)C2=C1CCCC2. The molecule has 0 aromatic heterocycles. The summed E-state index contributed by atoms with van der Waals surface area (Å²) < 4.78 is 0. The third-order valence-electron chi connectivity index (χ3n) is 6.09. The predicted octanol–water partition coefficient (Wildman–Crippen LogP) is 4.20. The second kappa shape index (κ2) is 8.55. The Kier molecular flexibility index (Phi) is 5.45. The monoisotopic (exact) mass is 441 g/mol. The molecule has 6 heteroatoms. The Morgan fingerprint density at radius 1 is 0.844 bits per heavy atom. The third kappa shape index (κ3) is 3.78. The van der Waals surface area contributed by atoms with Gasteiger partial charge in [0.2, 0.25) is 0 Å². The number of nitrogens with one attached hydrogen (secondary N) is 2. The van der Waals surface area contributed by atoms with Gasteiger partial charge < -0.3 is 4.90 Å². The number of hydrogen-bond acceptors (Lipinski definition) is 4. The number of allylic oxidation sites excluding steroid dienone is 4. The van der Waals surface area contributed by atoms with Gasteiger partial charge in [-0.1, -0.05) is 60.7 Å². The predicted molar refractivity (Wildman–Crippen MR) is 128 cm³/mol. The maximum Gasteiger partial charge on any atom is 0.263 e. The van der Waals surface area contributed by atoms with Crippen molar-refractivity contribution < 1.29 is 9.59 Å². The molecule has 2 aromatic carbocycles. The van der Waals surface area contributed by atoms with Crippen molar-refractivity contribution in [3.05, 3.63) is 100 Å². The molecule has 5 nitrogen and oxygen atoms in total. The maximum absolute atomic E-state index is 12.8. The minimum atomic E-state index is -0.439. The third-order valence-corrected chi connectivity index (χ3v) is 6.30. The Morgan fingerprint density at radius 3 is 2.16 bits per heavy atom. The Bertz CT molecular complexity index is 1170. The van der Waals surface area contributed by atoms with Crippen LogP contribution in [-0.2, 0) is 16.1 Å². The van der Waals surface area contributed by atoms with Crippen molar-refractivity contribution in [1.29, 1.82) is 0 Å². The Morgan fingerprint density at radius 2 is 1.47 bits per heavy atom. The van der Waals surface area contributed by atoms with E-state index in [1.165, 1.54) is 11.3 Å². The van der Waals surface area contributed by atoms with Gasteiger partial charge in [0, 0.05) is 17.9 Å². The lowest BCUT2D eigenvalue weighted by molar-refractivity contribution is -0.123. The van der Waals surface area contributed by atoms with E-state index in [1.54, 1.807) is 0 Å². The van der Waals surface area contributed by atoms with Gasteiger partial charge in [0.1, 0.15) is 5.57 Å². The van der Waals surface area contributed by atoms with Crippen molar-refractivity contribution in [2.75, 3.05) is 0 Å². The number of nitrogens with zero attached hydrogens (tertiary/aromatic N) is 1. The van der Waals surface area contributed by atoms with Crippen molar-refractivity contribution in [2.24, 2.45) is 0 Å². The van der Waals surface area contributed by atoms with Gasteiger partial charge in [0.15, 0.2) is 5.11 Å². The van der Waals surface area contributed by atoms with Gasteiger partial charge in [-0.05, 0) is 66.3 Å². The zero-order valence-corrected chi connectivity index (χ0v) is 18.4. The molecule has 3 aliphatic rings. The number of thiocarbonyl (C=S) groups is 1. The largest absolute Gasteiger partial charge is 0.340 e. The molecule has 0 spiro atoms. The molecule has 2 aromatic rings. The van der Waals surface area contributed by atoms with Crippen LogP contribution in [0.2, 0.25) is 0 Å². The van der Waals surface area contributed by atoms with E-state index < -0.39 is 11.8 Å². The highest BCUT2D eigenvalue weighted by Gasteiger charge is 2.35. The van der Waals surface area contributed by atoms with Gasteiger partial charge in [0.05, 0.1) is 0 Å². The molecule has 2 N–H and O–H groups in total. The summed E-state index contributed by atoms with van der Waals surface area (Å²) in [5, 5.41) is 5.24. The number of carbonyl (C=O) groups is 2. The molecule has 2 heterocycles. The number of amides is 2. The van der Waals surface area contributed by atoms with E-state index in [1.807, 2.05) is 42.5 Å². The van der Waals surface area contributed by atoms with Crippen LogP contribution in [-0.4, -0.2) is 21.8 Å². The van der Waals surface area contributed by atoms with E-state index in [-0.39, 0.29) is 10.7 Å². The highest BCUT2D eigenvalue weighted by atomic mass is 32.1. The first kappa shape index (κ1) is 20.4. The fourth-order valence-electron chi connectivity index (χ4n) is 4.65. The first-order chi connectivity index (χ1) is 15.6. The summed E-state index contributed by atoms with van der Waals surface area (Å²) in [6.45, 7) is 0.728. The molecule has 1 fully saturated rings. The molecule has 1 aliphatic carbocycles. The molecule has 0 atom stereocenters. The van der Waals surface area contributed by atoms with Crippen molar-refractivity contribution >= 4 is 34.8 Å². The molecule has 160 valence electrons. The lowest BCUT2D eigenvalue weighted by Gasteiger charge is -2.39. The first-order valence-electron chi connectivity index (χ1n) is 10.8.